The maximum atomic E-state index is 11.0. The highest BCUT2D eigenvalue weighted by molar-refractivity contribution is 6.17. The van der Waals surface area contributed by atoms with Crippen LogP contribution in [0.5, 0.6) is 5.75 Å². The molecule has 0 amide bonds. The van der Waals surface area contributed by atoms with Crippen LogP contribution >= 0.6 is 11.6 Å². The van der Waals surface area contributed by atoms with E-state index < -0.39 is 0 Å². The molecule has 2 rings (SSSR count). The Morgan fingerprint density at radius 2 is 1.80 bits per heavy atom. The Labute approximate surface area is 122 Å². The van der Waals surface area contributed by atoms with Gasteiger partial charge >= 0.3 is 0 Å². The van der Waals surface area contributed by atoms with Crippen molar-refractivity contribution in [1.82, 2.24) is 0 Å². The third-order valence-electron chi connectivity index (χ3n) is 3.09. The van der Waals surface area contributed by atoms with E-state index in [1.165, 1.54) is 6.07 Å². The van der Waals surface area contributed by atoms with Crippen molar-refractivity contribution in [1.29, 1.82) is 0 Å². The minimum atomic E-state index is -0.368. The molecule has 0 bridgehead atoms. The number of nitro benzene ring substituents is 1. The Hall–Kier alpha value is -1.81. The molecule has 0 heterocycles. The van der Waals surface area contributed by atoms with E-state index in [0.29, 0.717) is 23.6 Å². The Morgan fingerprint density at radius 3 is 2.50 bits per heavy atom. The second-order valence-corrected chi connectivity index (χ2v) is 4.86. The average Bonchev–Trinajstić information content (AvgIpc) is 2.46. The maximum absolute atomic E-state index is 11.0. The lowest BCUT2D eigenvalue weighted by atomic mass is 10.1. The third kappa shape index (κ3) is 3.39. The van der Waals surface area contributed by atoms with Crippen molar-refractivity contribution in [3.63, 3.8) is 0 Å². The number of rotatable bonds is 7. The number of nitro groups is 1. The van der Waals surface area contributed by atoms with Crippen LogP contribution in [0.2, 0.25) is 0 Å². The van der Waals surface area contributed by atoms with Gasteiger partial charge in [-0.25, -0.2) is 0 Å². The number of nitrogens with zero attached hydrogens (tertiary/aromatic N) is 1. The topological polar surface area (TPSA) is 52.4 Å². The van der Waals surface area contributed by atoms with Crippen molar-refractivity contribution in [3.05, 3.63) is 46.5 Å². The minimum Gasteiger partial charge on any atom is -0.493 e. The lowest BCUT2D eigenvalue weighted by Gasteiger charge is -2.09. The molecule has 106 valence electrons. The van der Waals surface area contributed by atoms with Gasteiger partial charge in [0.25, 0.3) is 5.69 Å². The number of unbranched alkanes of at least 4 members (excludes halogenated alkanes) is 2. The number of benzene rings is 2. The van der Waals surface area contributed by atoms with Crippen molar-refractivity contribution >= 4 is 28.1 Å². The van der Waals surface area contributed by atoms with Gasteiger partial charge < -0.3 is 4.74 Å². The first kappa shape index (κ1) is 14.6. The summed E-state index contributed by atoms with van der Waals surface area (Å²) in [4.78, 5) is 10.6. The van der Waals surface area contributed by atoms with E-state index in [0.717, 1.165) is 24.6 Å². The Bertz CT molecular complexity index is 601. The first-order valence-electron chi connectivity index (χ1n) is 6.59. The van der Waals surface area contributed by atoms with Crippen LogP contribution in [0, 0.1) is 10.1 Å². The summed E-state index contributed by atoms with van der Waals surface area (Å²) in [5.41, 5.74) is 0.107. The Balaban J connectivity index is 2.18. The number of halogens is 1. The summed E-state index contributed by atoms with van der Waals surface area (Å²) in [6.07, 6.45) is 2.93. The van der Waals surface area contributed by atoms with Crippen molar-refractivity contribution in [2.24, 2.45) is 0 Å². The highest BCUT2D eigenvalue weighted by Crippen LogP contribution is 2.32. The molecule has 5 heteroatoms. The zero-order valence-electron chi connectivity index (χ0n) is 11.0. The van der Waals surface area contributed by atoms with Gasteiger partial charge in [0.15, 0.2) is 0 Å². The molecule has 4 nitrogen and oxygen atoms in total. The van der Waals surface area contributed by atoms with Crippen LogP contribution < -0.4 is 4.74 Å². The summed E-state index contributed by atoms with van der Waals surface area (Å²) >= 11 is 5.62. The van der Waals surface area contributed by atoms with Gasteiger partial charge in [0.05, 0.1) is 16.9 Å². The fraction of sp³-hybridized carbons (Fsp3) is 0.333. The van der Waals surface area contributed by atoms with Crippen LogP contribution in [-0.2, 0) is 0 Å². The maximum Gasteiger partial charge on any atom is 0.277 e. The molecule has 0 atom stereocenters. The summed E-state index contributed by atoms with van der Waals surface area (Å²) in [5, 5.41) is 12.4. The molecule has 0 saturated carbocycles. The molecule has 0 aliphatic rings. The molecule has 0 saturated heterocycles. The second kappa shape index (κ2) is 7.10. The molecule has 0 spiro atoms. The zero-order chi connectivity index (χ0) is 14.4. The van der Waals surface area contributed by atoms with Crippen molar-refractivity contribution < 1.29 is 9.66 Å². The van der Waals surface area contributed by atoms with Gasteiger partial charge in [0.2, 0.25) is 0 Å². The summed E-state index contributed by atoms with van der Waals surface area (Å²) in [6, 6.07) is 10.4. The SMILES string of the molecule is O=[N+]([O-])c1ccc(OCCCCCCl)c2ccccc12. The van der Waals surface area contributed by atoms with Gasteiger partial charge in [-0.3, -0.25) is 10.1 Å². The van der Waals surface area contributed by atoms with Gasteiger partial charge in [-0.1, -0.05) is 18.2 Å². The second-order valence-electron chi connectivity index (χ2n) is 4.48. The fourth-order valence-electron chi connectivity index (χ4n) is 2.10. The van der Waals surface area contributed by atoms with Crippen LogP contribution in [0.4, 0.5) is 5.69 Å². The first-order chi connectivity index (χ1) is 9.74. The van der Waals surface area contributed by atoms with Crippen LogP contribution in [-0.4, -0.2) is 17.4 Å². The van der Waals surface area contributed by atoms with Crippen LogP contribution in [0.1, 0.15) is 19.3 Å². The zero-order valence-corrected chi connectivity index (χ0v) is 11.8. The molecule has 0 aliphatic heterocycles. The molecule has 0 radical (unpaired) electrons. The van der Waals surface area contributed by atoms with Gasteiger partial charge in [-0.15, -0.1) is 11.6 Å². The van der Waals surface area contributed by atoms with Crippen LogP contribution in [0.15, 0.2) is 36.4 Å². The smallest absolute Gasteiger partial charge is 0.277 e. The summed E-state index contributed by atoms with van der Waals surface area (Å²) in [5.74, 6) is 1.36. The van der Waals surface area contributed by atoms with Crippen LogP contribution in [0.3, 0.4) is 0 Å². The third-order valence-corrected chi connectivity index (χ3v) is 3.36. The summed E-state index contributed by atoms with van der Waals surface area (Å²) in [7, 11) is 0. The Kier molecular flexibility index (Phi) is 5.18. The lowest BCUT2D eigenvalue weighted by molar-refractivity contribution is -0.383. The van der Waals surface area contributed by atoms with Gasteiger partial charge in [0, 0.05) is 17.3 Å². The number of hydrogen-bond donors (Lipinski definition) is 0. The molecule has 0 N–H and O–H groups in total. The van der Waals surface area contributed by atoms with E-state index in [-0.39, 0.29) is 10.6 Å². The quantitative estimate of drug-likeness (QED) is 0.326. The van der Waals surface area contributed by atoms with Crippen molar-refractivity contribution in [2.75, 3.05) is 12.5 Å². The highest BCUT2D eigenvalue weighted by atomic mass is 35.5. The predicted molar refractivity (Wildman–Crippen MR) is 80.7 cm³/mol. The number of alkyl halides is 1. The van der Waals surface area contributed by atoms with E-state index in [2.05, 4.69) is 0 Å². The van der Waals surface area contributed by atoms with E-state index in [9.17, 15) is 10.1 Å². The molecule has 0 aliphatic carbocycles. The van der Waals surface area contributed by atoms with E-state index >= 15 is 0 Å². The molecule has 0 fully saturated rings. The van der Waals surface area contributed by atoms with Gasteiger partial charge in [0.1, 0.15) is 5.75 Å². The largest absolute Gasteiger partial charge is 0.493 e. The number of ether oxygens (including phenoxy) is 1. The molecule has 0 aromatic heterocycles. The summed E-state index contributed by atoms with van der Waals surface area (Å²) < 4.78 is 5.73. The number of hydrogen-bond acceptors (Lipinski definition) is 3. The van der Waals surface area contributed by atoms with Crippen molar-refractivity contribution in [2.45, 2.75) is 19.3 Å². The van der Waals surface area contributed by atoms with E-state index in [1.54, 1.807) is 18.2 Å². The van der Waals surface area contributed by atoms with Crippen LogP contribution in [0.25, 0.3) is 10.8 Å². The lowest BCUT2D eigenvalue weighted by Crippen LogP contribution is -1.99. The number of non-ortho nitro benzene ring substituents is 1. The van der Waals surface area contributed by atoms with Crippen molar-refractivity contribution in [3.8, 4) is 5.75 Å². The molecular weight excluding hydrogens is 278 g/mol. The van der Waals surface area contributed by atoms with Gasteiger partial charge in [-0.05, 0) is 31.4 Å². The highest BCUT2D eigenvalue weighted by Gasteiger charge is 2.14. The van der Waals surface area contributed by atoms with Gasteiger partial charge in [-0.2, -0.15) is 0 Å². The fourth-order valence-corrected chi connectivity index (χ4v) is 2.29. The minimum absolute atomic E-state index is 0.107. The molecule has 2 aromatic rings. The predicted octanol–water partition coefficient (Wildman–Crippen LogP) is 4.54. The standard InChI is InChI=1S/C15H16ClNO3/c16-10-4-1-5-11-20-15-9-8-14(17(18)19)12-6-2-3-7-13(12)15/h2-3,6-9H,1,4-5,10-11H2. The summed E-state index contributed by atoms with van der Waals surface area (Å²) in [6.45, 7) is 0.596. The average molecular weight is 294 g/mol. The monoisotopic (exact) mass is 293 g/mol. The number of fused-ring (bicyclic) bond motifs is 1. The molecule has 2 aromatic carbocycles. The molecular formula is C15H16ClNO3. The normalized spacial score (nSPS) is 10.7. The first-order valence-corrected chi connectivity index (χ1v) is 7.12. The molecule has 0 unspecified atom stereocenters. The molecule has 20 heavy (non-hydrogen) atoms. The van der Waals surface area contributed by atoms with E-state index in [4.69, 9.17) is 16.3 Å². The van der Waals surface area contributed by atoms with E-state index in [1.807, 2.05) is 12.1 Å². The Morgan fingerprint density at radius 1 is 1.05 bits per heavy atom.